The van der Waals surface area contributed by atoms with E-state index in [9.17, 15) is 8.42 Å². The molecular weight excluding hydrogens is 290 g/mol. The number of methoxy groups -OCH3 is 1. The van der Waals surface area contributed by atoms with Gasteiger partial charge in [-0.3, -0.25) is 0 Å². The van der Waals surface area contributed by atoms with E-state index in [-0.39, 0.29) is 12.1 Å². The van der Waals surface area contributed by atoms with E-state index in [0.717, 1.165) is 12.0 Å². The summed E-state index contributed by atoms with van der Waals surface area (Å²) in [4.78, 5) is 0. The minimum absolute atomic E-state index is 0.0740. The van der Waals surface area contributed by atoms with Gasteiger partial charge in [0.05, 0.1) is 31.6 Å². The summed E-state index contributed by atoms with van der Waals surface area (Å²) >= 11 is 0. The minimum atomic E-state index is -3.21. The van der Waals surface area contributed by atoms with E-state index < -0.39 is 10.0 Å². The fraction of sp³-hybridized carbons (Fsp3) is 0.600. The Labute approximate surface area is 126 Å². The van der Waals surface area contributed by atoms with Gasteiger partial charge >= 0.3 is 0 Å². The topological polar surface area (TPSA) is 55.8 Å². The number of hydrogen-bond acceptors (Lipinski definition) is 4. The third-order valence-electron chi connectivity index (χ3n) is 3.77. The van der Waals surface area contributed by atoms with Crippen molar-refractivity contribution < 1.29 is 17.9 Å². The lowest BCUT2D eigenvalue weighted by Gasteiger charge is -2.26. The fourth-order valence-corrected chi connectivity index (χ4v) is 3.92. The van der Waals surface area contributed by atoms with E-state index in [1.165, 1.54) is 6.26 Å². The number of benzene rings is 1. The van der Waals surface area contributed by atoms with Crippen LogP contribution in [0.5, 0.6) is 0 Å². The molecule has 0 amide bonds. The van der Waals surface area contributed by atoms with Crippen LogP contribution in [0.4, 0.5) is 0 Å². The molecule has 2 rings (SSSR count). The Hall–Kier alpha value is -0.950. The Kier molecular flexibility index (Phi) is 5.75. The maximum absolute atomic E-state index is 12.0. The third kappa shape index (κ3) is 4.51. The monoisotopic (exact) mass is 313 g/mol. The molecule has 1 saturated heterocycles. The normalized spacial score (nSPS) is 23.5. The first-order valence-electron chi connectivity index (χ1n) is 7.13. The molecule has 0 N–H and O–H groups in total. The molecule has 1 aromatic carbocycles. The second-order valence-electron chi connectivity index (χ2n) is 5.32. The van der Waals surface area contributed by atoms with Crippen LogP contribution in [0.2, 0.25) is 0 Å². The van der Waals surface area contributed by atoms with Crippen LogP contribution in [0.25, 0.3) is 0 Å². The lowest BCUT2D eigenvalue weighted by Crippen LogP contribution is -2.41. The van der Waals surface area contributed by atoms with E-state index in [1.807, 2.05) is 30.3 Å². The Bertz CT molecular complexity index is 532. The summed E-state index contributed by atoms with van der Waals surface area (Å²) in [5, 5.41) is 0. The van der Waals surface area contributed by atoms with E-state index in [4.69, 9.17) is 9.47 Å². The Morgan fingerprint density at radius 1 is 1.24 bits per heavy atom. The van der Waals surface area contributed by atoms with Gasteiger partial charge in [-0.05, 0) is 18.4 Å². The van der Waals surface area contributed by atoms with Crippen molar-refractivity contribution in [2.75, 3.05) is 33.1 Å². The standard InChI is InChI=1S/C15H23NO4S/c1-19-10-11-20-15-8-9-16(21(2,17)18)14(15)12-13-6-4-3-5-7-13/h3-7,14-15H,8-12H2,1-2H3/t14-,15+/m0/s1. The van der Waals surface area contributed by atoms with Crippen molar-refractivity contribution in [3.63, 3.8) is 0 Å². The van der Waals surface area contributed by atoms with Crippen molar-refractivity contribution in [1.29, 1.82) is 0 Å². The van der Waals surface area contributed by atoms with E-state index in [0.29, 0.717) is 26.2 Å². The number of hydrogen-bond donors (Lipinski definition) is 0. The summed E-state index contributed by atoms with van der Waals surface area (Å²) in [5.41, 5.74) is 1.12. The second kappa shape index (κ2) is 7.35. The predicted octanol–water partition coefficient (Wildman–Crippen LogP) is 1.29. The zero-order chi connectivity index (χ0) is 15.3. The van der Waals surface area contributed by atoms with E-state index >= 15 is 0 Å². The highest BCUT2D eigenvalue weighted by molar-refractivity contribution is 7.88. The number of sulfonamides is 1. The molecule has 5 nitrogen and oxygen atoms in total. The lowest BCUT2D eigenvalue weighted by atomic mass is 10.0. The van der Waals surface area contributed by atoms with Gasteiger partial charge in [0.25, 0.3) is 0 Å². The SMILES string of the molecule is COCCO[C@@H]1CCN(S(C)(=O)=O)[C@H]1Cc1ccccc1. The van der Waals surface area contributed by atoms with Crippen LogP contribution in [0.15, 0.2) is 30.3 Å². The zero-order valence-corrected chi connectivity index (χ0v) is 13.4. The van der Waals surface area contributed by atoms with Gasteiger partial charge in [0.15, 0.2) is 0 Å². The van der Waals surface area contributed by atoms with E-state index in [1.54, 1.807) is 11.4 Å². The molecule has 0 bridgehead atoms. The average molecular weight is 313 g/mol. The lowest BCUT2D eigenvalue weighted by molar-refractivity contribution is 0.00641. The Balaban J connectivity index is 2.11. The summed E-state index contributed by atoms with van der Waals surface area (Å²) in [6.07, 6.45) is 2.60. The minimum Gasteiger partial charge on any atom is -0.382 e. The van der Waals surface area contributed by atoms with Crippen LogP contribution in [0.3, 0.4) is 0 Å². The van der Waals surface area contributed by atoms with Gasteiger partial charge in [-0.2, -0.15) is 4.31 Å². The third-order valence-corrected chi connectivity index (χ3v) is 5.07. The van der Waals surface area contributed by atoms with Crippen LogP contribution in [0, 0.1) is 0 Å². The smallest absolute Gasteiger partial charge is 0.211 e. The van der Waals surface area contributed by atoms with Crippen LogP contribution < -0.4 is 0 Å². The molecule has 6 heteroatoms. The van der Waals surface area contributed by atoms with Crippen molar-refractivity contribution in [3.05, 3.63) is 35.9 Å². The molecule has 1 heterocycles. The number of nitrogens with zero attached hydrogens (tertiary/aromatic N) is 1. The summed E-state index contributed by atoms with van der Waals surface area (Å²) in [7, 11) is -1.59. The quantitative estimate of drug-likeness (QED) is 0.712. The van der Waals surface area contributed by atoms with Gasteiger partial charge in [-0.15, -0.1) is 0 Å². The number of ether oxygens (including phenoxy) is 2. The van der Waals surface area contributed by atoms with Crippen molar-refractivity contribution in [2.24, 2.45) is 0 Å². The second-order valence-corrected chi connectivity index (χ2v) is 7.26. The maximum Gasteiger partial charge on any atom is 0.211 e. The summed E-state index contributed by atoms with van der Waals surface area (Å²) < 4.78 is 36.3. The average Bonchev–Trinajstić information content (AvgIpc) is 2.83. The van der Waals surface area contributed by atoms with Crippen LogP contribution in [0.1, 0.15) is 12.0 Å². The molecule has 2 atom stereocenters. The summed E-state index contributed by atoms with van der Waals surface area (Å²) in [6.45, 7) is 1.53. The van der Waals surface area contributed by atoms with Gasteiger partial charge in [0.1, 0.15) is 0 Å². The van der Waals surface area contributed by atoms with Crippen molar-refractivity contribution >= 4 is 10.0 Å². The van der Waals surface area contributed by atoms with E-state index in [2.05, 4.69) is 0 Å². The highest BCUT2D eigenvalue weighted by Gasteiger charge is 2.39. The molecular formula is C15H23NO4S. The molecule has 1 aromatic rings. The molecule has 0 spiro atoms. The number of rotatable bonds is 7. The first kappa shape index (κ1) is 16.4. The van der Waals surface area contributed by atoms with Crippen LogP contribution in [-0.2, 0) is 25.9 Å². The van der Waals surface area contributed by atoms with Gasteiger partial charge < -0.3 is 9.47 Å². The van der Waals surface area contributed by atoms with Crippen molar-refractivity contribution in [3.8, 4) is 0 Å². The first-order chi connectivity index (χ1) is 10.0. The summed E-state index contributed by atoms with van der Waals surface area (Å²) in [6, 6.07) is 9.79. The van der Waals surface area contributed by atoms with Gasteiger partial charge in [0, 0.05) is 13.7 Å². The van der Waals surface area contributed by atoms with Crippen molar-refractivity contribution in [2.45, 2.75) is 25.0 Å². The highest BCUT2D eigenvalue weighted by Crippen LogP contribution is 2.26. The summed E-state index contributed by atoms with van der Waals surface area (Å²) in [5.74, 6) is 0. The fourth-order valence-electron chi connectivity index (χ4n) is 2.78. The molecule has 0 unspecified atom stereocenters. The molecule has 1 aliphatic rings. The molecule has 21 heavy (non-hydrogen) atoms. The van der Waals surface area contributed by atoms with Crippen LogP contribution >= 0.6 is 0 Å². The zero-order valence-electron chi connectivity index (χ0n) is 12.6. The largest absolute Gasteiger partial charge is 0.382 e. The molecule has 0 aliphatic carbocycles. The predicted molar refractivity (Wildman–Crippen MR) is 81.7 cm³/mol. The maximum atomic E-state index is 12.0. The molecule has 118 valence electrons. The molecule has 0 saturated carbocycles. The molecule has 0 radical (unpaired) electrons. The van der Waals surface area contributed by atoms with Crippen LogP contribution in [-0.4, -0.2) is 58.0 Å². The molecule has 1 fully saturated rings. The Morgan fingerprint density at radius 3 is 2.57 bits per heavy atom. The van der Waals surface area contributed by atoms with Gasteiger partial charge in [0.2, 0.25) is 10.0 Å². The molecule has 0 aromatic heterocycles. The highest BCUT2D eigenvalue weighted by atomic mass is 32.2. The molecule has 1 aliphatic heterocycles. The first-order valence-corrected chi connectivity index (χ1v) is 8.98. The van der Waals surface area contributed by atoms with Gasteiger partial charge in [-0.1, -0.05) is 30.3 Å². The Morgan fingerprint density at radius 2 is 1.95 bits per heavy atom. The van der Waals surface area contributed by atoms with Gasteiger partial charge in [-0.25, -0.2) is 8.42 Å². The van der Waals surface area contributed by atoms with Crippen molar-refractivity contribution in [1.82, 2.24) is 4.31 Å².